The highest BCUT2D eigenvalue weighted by Gasteiger charge is 2.28. The van der Waals surface area contributed by atoms with Crippen LogP contribution in [-0.2, 0) is 0 Å². The summed E-state index contributed by atoms with van der Waals surface area (Å²) in [7, 11) is 0. The van der Waals surface area contributed by atoms with Gasteiger partial charge in [0.25, 0.3) is 5.91 Å². The minimum Gasteiger partial charge on any atom is -0.336 e. The number of amides is 1. The summed E-state index contributed by atoms with van der Waals surface area (Å²) in [6.07, 6.45) is 0. The Labute approximate surface area is 187 Å². The van der Waals surface area contributed by atoms with E-state index in [2.05, 4.69) is 60.4 Å². The second-order valence-electron chi connectivity index (χ2n) is 7.68. The molecular weight excluding hydrogens is 415 g/mol. The van der Waals surface area contributed by atoms with Gasteiger partial charge in [-0.1, -0.05) is 83.4 Å². The second kappa shape index (κ2) is 9.22. The fourth-order valence-electron chi connectivity index (χ4n) is 3.99. The summed E-state index contributed by atoms with van der Waals surface area (Å²) in [5, 5.41) is 0.867. The van der Waals surface area contributed by atoms with Crippen LogP contribution < -0.4 is 0 Å². The summed E-state index contributed by atoms with van der Waals surface area (Å²) in [5.41, 5.74) is 4.38. The van der Waals surface area contributed by atoms with E-state index >= 15 is 0 Å². The number of hydrogen-bond acceptors (Lipinski definition) is 2. The Bertz CT molecular complexity index is 1010. The predicted molar refractivity (Wildman–Crippen MR) is 123 cm³/mol. The van der Waals surface area contributed by atoms with Crippen molar-refractivity contribution in [2.45, 2.75) is 13.0 Å². The molecule has 1 heterocycles. The van der Waals surface area contributed by atoms with E-state index in [-0.39, 0.29) is 11.9 Å². The Morgan fingerprint density at radius 1 is 0.800 bits per heavy atom. The van der Waals surface area contributed by atoms with Crippen LogP contribution in [0.4, 0.5) is 0 Å². The molecule has 5 heteroatoms. The summed E-state index contributed by atoms with van der Waals surface area (Å²) < 4.78 is 0. The van der Waals surface area contributed by atoms with Gasteiger partial charge in [0.05, 0.1) is 16.1 Å². The predicted octanol–water partition coefficient (Wildman–Crippen LogP) is 5.85. The fourth-order valence-corrected chi connectivity index (χ4v) is 4.29. The average molecular weight is 439 g/mol. The van der Waals surface area contributed by atoms with Crippen LogP contribution in [0.2, 0.25) is 10.0 Å². The Hall–Kier alpha value is -2.33. The highest BCUT2D eigenvalue weighted by atomic mass is 35.5. The SMILES string of the molecule is Cc1ccc([C@@H](c2ccccc2)N2CCN(C(=O)c3ccc(Cl)c(Cl)c3)CC2)cc1. The first kappa shape index (κ1) is 20.9. The quantitative estimate of drug-likeness (QED) is 0.509. The van der Waals surface area contributed by atoms with Crippen molar-refractivity contribution in [1.29, 1.82) is 0 Å². The van der Waals surface area contributed by atoms with Crippen molar-refractivity contribution >= 4 is 29.1 Å². The molecule has 0 radical (unpaired) electrons. The van der Waals surface area contributed by atoms with Gasteiger partial charge in [-0.05, 0) is 36.2 Å². The Balaban J connectivity index is 1.52. The monoisotopic (exact) mass is 438 g/mol. The number of halogens is 2. The zero-order chi connectivity index (χ0) is 21.1. The van der Waals surface area contributed by atoms with Gasteiger partial charge in [-0.3, -0.25) is 9.69 Å². The zero-order valence-corrected chi connectivity index (χ0v) is 18.4. The van der Waals surface area contributed by atoms with Crippen molar-refractivity contribution in [3.05, 3.63) is 105 Å². The molecule has 30 heavy (non-hydrogen) atoms. The zero-order valence-electron chi connectivity index (χ0n) is 16.9. The molecule has 1 fully saturated rings. The van der Waals surface area contributed by atoms with Gasteiger partial charge in [-0.25, -0.2) is 0 Å². The second-order valence-corrected chi connectivity index (χ2v) is 8.50. The number of rotatable bonds is 4. The molecule has 3 aromatic carbocycles. The lowest BCUT2D eigenvalue weighted by molar-refractivity contribution is 0.0597. The molecular formula is C25H24Cl2N2O. The van der Waals surface area contributed by atoms with Crippen LogP contribution in [0.5, 0.6) is 0 Å². The Kier molecular flexibility index (Phi) is 6.43. The molecule has 1 atom stereocenters. The first-order valence-electron chi connectivity index (χ1n) is 10.1. The smallest absolute Gasteiger partial charge is 0.253 e. The highest BCUT2D eigenvalue weighted by molar-refractivity contribution is 6.42. The normalized spacial score (nSPS) is 15.8. The van der Waals surface area contributed by atoms with E-state index in [1.807, 2.05) is 11.0 Å². The van der Waals surface area contributed by atoms with Gasteiger partial charge in [0.1, 0.15) is 0 Å². The standard InChI is InChI=1S/C25H24Cl2N2O/c1-18-7-9-20(10-8-18)24(19-5-3-2-4-6-19)28-13-15-29(16-14-28)25(30)21-11-12-22(26)23(27)17-21/h2-12,17,24H,13-16H2,1H3/t24-/m1/s1. The minimum atomic E-state index is -0.000173. The van der Waals surface area contributed by atoms with E-state index in [9.17, 15) is 4.79 Å². The van der Waals surface area contributed by atoms with Crippen molar-refractivity contribution in [2.24, 2.45) is 0 Å². The number of benzene rings is 3. The average Bonchev–Trinajstić information content (AvgIpc) is 2.78. The topological polar surface area (TPSA) is 23.6 Å². The van der Waals surface area contributed by atoms with Crippen molar-refractivity contribution < 1.29 is 4.79 Å². The van der Waals surface area contributed by atoms with Crippen LogP contribution >= 0.6 is 23.2 Å². The summed E-state index contributed by atoms with van der Waals surface area (Å²) in [6.45, 7) is 5.07. The molecule has 4 rings (SSSR count). The third-order valence-corrected chi connectivity index (χ3v) is 6.38. The third kappa shape index (κ3) is 4.54. The Morgan fingerprint density at radius 2 is 1.43 bits per heavy atom. The van der Waals surface area contributed by atoms with E-state index in [4.69, 9.17) is 23.2 Å². The van der Waals surface area contributed by atoms with Gasteiger partial charge in [0, 0.05) is 31.7 Å². The maximum Gasteiger partial charge on any atom is 0.253 e. The molecule has 0 bridgehead atoms. The molecule has 154 valence electrons. The molecule has 0 unspecified atom stereocenters. The van der Waals surface area contributed by atoms with Crippen LogP contribution in [0.25, 0.3) is 0 Å². The summed E-state index contributed by atoms with van der Waals surface area (Å²) in [4.78, 5) is 17.3. The molecule has 3 nitrogen and oxygen atoms in total. The molecule has 0 aromatic heterocycles. The molecule has 0 spiro atoms. The molecule has 0 aliphatic carbocycles. The van der Waals surface area contributed by atoms with E-state index < -0.39 is 0 Å². The van der Waals surface area contributed by atoms with Crippen molar-refractivity contribution in [3.63, 3.8) is 0 Å². The van der Waals surface area contributed by atoms with E-state index in [1.165, 1.54) is 16.7 Å². The lowest BCUT2D eigenvalue weighted by atomic mass is 9.95. The highest BCUT2D eigenvalue weighted by Crippen LogP contribution is 2.30. The number of aryl methyl sites for hydroxylation is 1. The number of carbonyl (C=O) groups is 1. The van der Waals surface area contributed by atoms with Gasteiger partial charge in [-0.2, -0.15) is 0 Å². The van der Waals surface area contributed by atoms with Crippen LogP contribution in [0.1, 0.15) is 33.1 Å². The van der Waals surface area contributed by atoms with Crippen molar-refractivity contribution in [3.8, 4) is 0 Å². The fraction of sp³-hybridized carbons (Fsp3) is 0.240. The summed E-state index contributed by atoms with van der Waals surface area (Å²) in [6, 6.07) is 24.6. The number of carbonyl (C=O) groups excluding carboxylic acids is 1. The van der Waals surface area contributed by atoms with E-state index in [0.717, 1.165) is 13.1 Å². The van der Waals surface area contributed by atoms with Gasteiger partial charge in [0.2, 0.25) is 0 Å². The maximum atomic E-state index is 12.9. The third-order valence-electron chi connectivity index (χ3n) is 5.64. The van der Waals surface area contributed by atoms with Crippen LogP contribution in [0.15, 0.2) is 72.8 Å². The van der Waals surface area contributed by atoms with Crippen molar-refractivity contribution in [1.82, 2.24) is 9.80 Å². The first-order chi connectivity index (χ1) is 14.5. The van der Waals surface area contributed by atoms with Gasteiger partial charge in [-0.15, -0.1) is 0 Å². The lowest BCUT2D eigenvalue weighted by Crippen LogP contribution is -2.49. The summed E-state index contributed by atoms with van der Waals surface area (Å²) >= 11 is 12.1. The van der Waals surface area contributed by atoms with Crippen molar-refractivity contribution in [2.75, 3.05) is 26.2 Å². The largest absolute Gasteiger partial charge is 0.336 e. The van der Waals surface area contributed by atoms with Gasteiger partial charge in [0.15, 0.2) is 0 Å². The van der Waals surface area contributed by atoms with Gasteiger partial charge < -0.3 is 4.90 Å². The molecule has 1 saturated heterocycles. The van der Waals surface area contributed by atoms with E-state index in [1.54, 1.807) is 18.2 Å². The minimum absolute atomic E-state index is 0.000173. The van der Waals surface area contributed by atoms with Crippen LogP contribution in [-0.4, -0.2) is 41.9 Å². The summed E-state index contributed by atoms with van der Waals surface area (Å²) in [5.74, 6) is -0.000173. The number of nitrogens with zero attached hydrogens (tertiary/aromatic N) is 2. The Morgan fingerprint density at radius 3 is 2.07 bits per heavy atom. The van der Waals surface area contributed by atoms with Crippen LogP contribution in [0.3, 0.4) is 0 Å². The van der Waals surface area contributed by atoms with Gasteiger partial charge >= 0.3 is 0 Å². The maximum absolute atomic E-state index is 12.9. The number of piperazine rings is 1. The first-order valence-corrected chi connectivity index (χ1v) is 10.9. The molecule has 1 aliphatic rings. The van der Waals surface area contributed by atoms with E-state index in [0.29, 0.717) is 28.7 Å². The lowest BCUT2D eigenvalue weighted by Gasteiger charge is -2.40. The molecule has 3 aromatic rings. The van der Waals surface area contributed by atoms with Crippen LogP contribution in [0, 0.1) is 6.92 Å². The molecule has 0 saturated carbocycles. The molecule has 1 amide bonds. The molecule has 0 N–H and O–H groups in total. The number of hydrogen-bond donors (Lipinski definition) is 0. The molecule has 1 aliphatic heterocycles.